The summed E-state index contributed by atoms with van der Waals surface area (Å²) in [6.45, 7) is 9.23. The Hall–Kier alpha value is -2.04. The molecule has 1 rings (SSSR count). The molecule has 0 aromatic carbocycles. The van der Waals surface area contributed by atoms with Crippen molar-refractivity contribution >= 4 is 11.8 Å². The van der Waals surface area contributed by atoms with Crippen LogP contribution in [0.15, 0.2) is 35.8 Å². The summed E-state index contributed by atoms with van der Waals surface area (Å²) in [5, 5.41) is 2.44. The fourth-order valence-electron chi connectivity index (χ4n) is 1.33. The Balaban J connectivity index is 2.85. The molecule has 1 amide bonds. The lowest BCUT2D eigenvalue weighted by Crippen LogP contribution is -2.30. The van der Waals surface area contributed by atoms with Gasteiger partial charge in [-0.05, 0) is 32.9 Å². The molecule has 0 aliphatic carbocycles. The molecule has 0 fully saturated rings. The van der Waals surface area contributed by atoms with Crippen LogP contribution >= 0.6 is 0 Å². The molecule has 0 radical (unpaired) electrons. The van der Waals surface area contributed by atoms with Crippen LogP contribution in [0.5, 0.6) is 0 Å². The van der Waals surface area contributed by atoms with Crippen molar-refractivity contribution in [1.82, 2.24) is 4.57 Å². The average molecular weight is 250 g/mol. The quantitative estimate of drug-likeness (QED) is 0.838. The van der Waals surface area contributed by atoms with E-state index in [-0.39, 0.29) is 11.2 Å². The van der Waals surface area contributed by atoms with Crippen molar-refractivity contribution in [2.45, 2.75) is 32.9 Å². The second-order valence-electron chi connectivity index (χ2n) is 4.79. The predicted molar refractivity (Wildman–Crippen MR) is 70.8 cm³/mol. The summed E-state index contributed by atoms with van der Waals surface area (Å²) in [5.41, 5.74) is -0.698. The molecule has 5 heteroatoms. The molecule has 1 N–H and O–H groups in total. The maximum atomic E-state index is 11.9. The molecule has 0 bridgehead atoms. The SMILES string of the molecule is C=CCn1cccc(NC(=O)OC(C)(C)C)c1=O. The average Bonchev–Trinajstić information content (AvgIpc) is 2.21. The molecule has 98 valence electrons. The van der Waals surface area contributed by atoms with E-state index in [1.807, 2.05) is 0 Å². The summed E-state index contributed by atoms with van der Waals surface area (Å²) in [4.78, 5) is 23.5. The maximum absolute atomic E-state index is 11.9. The van der Waals surface area contributed by atoms with Crippen molar-refractivity contribution in [1.29, 1.82) is 0 Å². The first-order valence-electron chi connectivity index (χ1n) is 5.64. The van der Waals surface area contributed by atoms with E-state index in [0.29, 0.717) is 6.54 Å². The maximum Gasteiger partial charge on any atom is 0.412 e. The molecule has 0 atom stereocenters. The third-order valence-electron chi connectivity index (χ3n) is 1.98. The lowest BCUT2D eigenvalue weighted by molar-refractivity contribution is 0.0635. The molecule has 0 unspecified atom stereocenters. The molecule has 0 aliphatic heterocycles. The van der Waals surface area contributed by atoms with Crippen molar-refractivity contribution in [2.75, 3.05) is 5.32 Å². The summed E-state index contributed by atoms with van der Waals surface area (Å²) in [6.07, 6.45) is 2.60. The summed E-state index contributed by atoms with van der Waals surface area (Å²) in [5.74, 6) is 0. The van der Waals surface area contributed by atoms with Crippen molar-refractivity contribution in [3.63, 3.8) is 0 Å². The van der Waals surface area contributed by atoms with Crippen LogP contribution < -0.4 is 10.9 Å². The van der Waals surface area contributed by atoms with E-state index in [4.69, 9.17) is 4.74 Å². The Kier molecular flexibility index (Phi) is 4.31. The lowest BCUT2D eigenvalue weighted by Gasteiger charge is -2.19. The fraction of sp³-hybridized carbons (Fsp3) is 0.385. The summed E-state index contributed by atoms with van der Waals surface area (Å²) >= 11 is 0. The number of rotatable bonds is 3. The topological polar surface area (TPSA) is 60.3 Å². The van der Waals surface area contributed by atoms with Crippen LogP contribution in [-0.2, 0) is 11.3 Å². The molecule has 1 aromatic rings. The first-order valence-corrected chi connectivity index (χ1v) is 5.64. The van der Waals surface area contributed by atoms with Crippen molar-refractivity contribution in [3.05, 3.63) is 41.3 Å². The molecular formula is C13H18N2O3. The van der Waals surface area contributed by atoms with Gasteiger partial charge in [-0.1, -0.05) is 6.08 Å². The molecule has 18 heavy (non-hydrogen) atoms. The van der Waals surface area contributed by atoms with Crippen LogP contribution in [0.25, 0.3) is 0 Å². The monoisotopic (exact) mass is 250 g/mol. The van der Waals surface area contributed by atoms with Gasteiger partial charge in [0.15, 0.2) is 0 Å². The van der Waals surface area contributed by atoms with Gasteiger partial charge in [0.1, 0.15) is 11.3 Å². The van der Waals surface area contributed by atoms with Gasteiger partial charge in [-0.2, -0.15) is 0 Å². The standard InChI is InChI=1S/C13H18N2O3/c1-5-8-15-9-6-7-10(11(15)16)14-12(17)18-13(2,3)4/h5-7,9H,1,8H2,2-4H3,(H,14,17). The highest BCUT2D eigenvalue weighted by atomic mass is 16.6. The normalized spacial score (nSPS) is 10.8. The van der Waals surface area contributed by atoms with Gasteiger partial charge < -0.3 is 9.30 Å². The first-order chi connectivity index (χ1) is 8.33. The first kappa shape index (κ1) is 14.0. The molecule has 1 aromatic heterocycles. The van der Waals surface area contributed by atoms with Crippen LogP contribution in [0.2, 0.25) is 0 Å². The van der Waals surface area contributed by atoms with E-state index in [0.717, 1.165) is 0 Å². The Bertz CT molecular complexity index is 498. The molecule has 0 spiro atoms. The van der Waals surface area contributed by atoms with Gasteiger partial charge in [0, 0.05) is 12.7 Å². The van der Waals surface area contributed by atoms with E-state index in [1.165, 1.54) is 10.6 Å². The highest BCUT2D eigenvalue weighted by molar-refractivity contribution is 5.84. The van der Waals surface area contributed by atoms with Gasteiger partial charge >= 0.3 is 6.09 Å². The smallest absolute Gasteiger partial charge is 0.412 e. The zero-order valence-electron chi connectivity index (χ0n) is 10.9. The largest absolute Gasteiger partial charge is 0.444 e. The molecule has 0 saturated carbocycles. The minimum Gasteiger partial charge on any atom is -0.444 e. The Labute approximate surface area is 106 Å². The van der Waals surface area contributed by atoms with Gasteiger partial charge in [-0.25, -0.2) is 4.79 Å². The number of aromatic nitrogens is 1. The highest BCUT2D eigenvalue weighted by Gasteiger charge is 2.17. The lowest BCUT2D eigenvalue weighted by atomic mass is 10.2. The van der Waals surface area contributed by atoms with Gasteiger partial charge in [0.2, 0.25) is 0 Å². The minimum absolute atomic E-state index is 0.189. The van der Waals surface area contributed by atoms with Gasteiger partial charge in [0.25, 0.3) is 5.56 Å². The number of anilines is 1. The molecule has 5 nitrogen and oxygen atoms in total. The van der Waals surface area contributed by atoms with E-state index in [9.17, 15) is 9.59 Å². The third kappa shape index (κ3) is 4.08. The summed E-state index contributed by atoms with van der Waals surface area (Å²) < 4.78 is 6.52. The van der Waals surface area contributed by atoms with Crippen LogP contribution in [0.4, 0.5) is 10.5 Å². The number of hydrogen-bond donors (Lipinski definition) is 1. The number of carbonyl (C=O) groups is 1. The number of amides is 1. The van der Waals surface area contributed by atoms with E-state index in [1.54, 1.807) is 39.1 Å². The van der Waals surface area contributed by atoms with Crippen LogP contribution in [0.3, 0.4) is 0 Å². The zero-order chi connectivity index (χ0) is 13.8. The number of hydrogen-bond acceptors (Lipinski definition) is 3. The molecule has 1 heterocycles. The Morgan fingerprint density at radius 2 is 2.22 bits per heavy atom. The van der Waals surface area contributed by atoms with Crippen LogP contribution in [0, 0.1) is 0 Å². The second kappa shape index (κ2) is 5.53. The molecule has 0 saturated heterocycles. The summed E-state index contributed by atoms with van der Waals surface area (Å²) in [6, 6.07) is 3.21. The number of nitrogens with one attached hydrogen (secondary N) is 1. The van der Waals surface area contributed by atoms with Crippen molar-refractivity contribution < 1.29 is 9.53 Å². The fourth-order valence-corrected chi connectivity index (χ4v) is 1.33. The van der Waals surface area contributed by atoms with Crippen molar-refractivity contribution in [3.8, 4) is 0 Å². The summed E-state index contributed by atoms with van der Waals surface area (Å²) in [7, 11) is 0. The number of allylic oxidation sites excluding steroid dienone is 1. The molecule has 0 aliphatic rings. The Morgan fingerprint density at radius 1 is 1.56 bits per heavy atom. The van der Waals surface area contributed by atoms with E-state index < -0.39 is 11.7 Å². The Morgan fingerprint density at radius 3 is 2.78 bits per heavy atom. The second-order valence-corrected chi connectivity index (χ2v) is 4.79. The highest BCUT2D eigenvalue weighted by Crippen LogP contribution is 2.09. The van der Waals surface area contributed by atoms with E-state index in [2.05, 4.69) is 11.9 Å². The number of ether oxygens (including phenoxy) is 1. The van der Waals surface area contributed by atoms with Crippen molar-refractivity contribution in [2.24, 2.45) is 0 Å². The van der Waals surface area contributed by atoms with Gasteiger partial charge in [-0.3, -0.25) is 10.1 Å². The number of carbonyl (C=O) groups excluding carboxylic acids is 1. The number of nitrogens with zero attached hydrogens (tertiary/aromatic N) is 1. The van der Waals surface area contributed by atoms with Crippen LogP contribution in [0.1, 0.15) is 20.8 Å². The zero-order valence-corrected chi connectivity index (χ0v) is 10.9. The van der Waals surface area contributed by atoms with Gasteiger partial charge in [0.05, 0.1) is 0 Å². The predicted octanol–water partition coefficient (Wildman–Crippen LogP) is 2.38. The molecular weight excluding hydrogens is 232 g/mol. The number of pyridine rings is 1. The van der Waals surface area contributed by atoms with E-state index >= 15 is 0 Å². The van der Waals surface area contributed by atoms with Crippen LogP contribution in [-0.4, -0.2) is 16.3 Å². The minimum atomic E-state index is -0.643. The third-order valence-corrected chi connectivity index (χ3v) is 1.98. The van der Waals surface area contributed by atoms with Gasteiger partial charge in [-0.15, -0.1) is 6.58 Å².